The molecule has 0 fully saturated rings. The van der Waals surface area contributed by atoms with E-state index in [1.807, 2.05) is 18.2 Å². The number of benzene rings is 3. The van der Waals surface area contributed by atoms with Crippen LogP contribution < -0.4 is 14.4 Å². The summed E-state index contributed by atoms with van der Waals surface area (Å²) in [6, 6.07) is 22.6. The van der Waals surface area contributed by atoms with E-state index in [4.69, 9.17) is 9.47 Å². The van der Waals surface area contributed by atoms with Crippen LogP contribution in [0.25, 0.3) is 0 Å². The lowest BCUT2D eigenvalue weighted by Gasteiger charge is -2.39. The molecule has 0 aliphatic carbocycles. The zero-order valence-electron chi connectivity index (χ0n) is 22.4. The molecule has 0 saturated carbocycles. The van der Waals surface area contributed by atoms with Crippen LogP contribution >= 0.6 is 0 Å². The number of methoxy groups -OCH3 is 1. The second kappa shape index (κ2) is 11.3. The molecule has 5 heteroatoms. The lowest BCUT2D eigenvalue weighted by Crippen LogP contribution is -2.46. The van der Waals surface area contributed by atoms with Gasteiger partial charge in [0.2, 0.25) is 0 Å². The molecule has 3 aromatic rings. The predicted molar refractivity (Wildman–Crippen MR) is 146 cm³/mol. The van der Waals surface area contributed by atoms with Crippen molar-refractivity contribution in [2.75, 3.05) is 18.6 Å². The van der Waals surface area contributed by atoms with Crippen LogP contribution in [0.1, 0.15) is 57.4 Å². The number of ether oxygens (including phenoxy) is 2. The van der Waals surface area contributed by atoms with Gasteiger partial charge in [-0.15, -0.1) is 0 Å². The van der Waals surface area contributed by atoms with Crippen molar-refractivity contribution < 1.29 is 13.9 Å². The van der Waals surface area contributed by atoms with Gasteiger partial charge in [0, 0.05) is 24.3 Å². The summed E-state index contributed by atoms with van der Waals surface area (Å²) in [7, 11) is 1.71. The van der Waals surface area contributed by atoms with Crippen LogP contribution in [0.4, 0.5) is 10.1 Å². The molecule has 0 bridgehead atoms. The third-order valence-corrected chi connectivity index (χ3v) is 7.14. The minimum Gasteiger partial charge on any atom is -0.497 e. The second-order valence-corrected chi connectivity index (χ2v) is 10.2. The van der Waals surface area contributed by atoms with Gasteiger partial charge in [0.25, 0.3) is 0 Å². The van der Waals surface area contributed by atoms with Crippen molar-refractivity contribution in [1.29, 1.82) is 0 Å². The summed E-state index contributed by atoms with van der Waals surface area (Å²) in [4.78, 5) is 4.76. The van der Waals surface area contributed by atoms with Gasteiger partial charge in [0.05, 0.1) is 13.2 Å². The van der Waals surface area contributed by atoms with Crippen molar-refractivity contribution in [2.45, 2.75) is 71.8 Å². The number of halogens is 1. The largest absolute Gasteiger partial charge is 0.497 e. The van der Waals surface area contributed by atoms with Gasteiger partial charge in [-0.2, -0.15) is 0 Å². The van der Waals surface area contributed by atoms with Crippen LogP contribution in [-0.2, 0) is 12.8 Å². The molecule has 0 N–H and O–H groups in total. The van der Waals surface area contributed by atoms with E-state index in [0.717, 1.165) is 36.6 Å². The van der Waals surface area contributed by atoms with Crippen molar-refractivity contribution in [3.05, 3.63) is 89.2 Å². The monoisotopic (exact) mass is 490 g/mol. The Labute approximate surface area is 215 Å². The molecule has 1 aliphatic rings. The summed E-state index contributed by atoms with van der Waals surface area (Å²) in [5, 5.41) is 0. The Morgan fingerprint density at radius 2 is 1.53 bits per heavy atom. The Morgan fingerprint density at radius 1 is 0.889 bits per heavy atom. The smallest absolute Gasteiger partial charge is 0.150 e. The fourth-order valence-corrected chi connectivity index (χ4v) is 5.60. The fraction of sp³-hybridized carbons (Fsp3) is 0.419. The van der Waals surface area contributed by atoms with Crippen LogP contribution in [0, 0.1) is 5.82 Å². The normalized spacial score (nSPS) is 16.4. The van der Waals surface area contributed by atoms with E-state index >= 15 is 0 Å². The van der Waals surface area contributed by atoms with Gasteiger partial charge in [-0.05, 0) is 113 Å². The standard InChI is InChI=1S/C31H39FN2O2/c1-21(2)34(22(3)4)23(5)36-28-13-7-24(8-14-28)19-31-30-16-15-29(35-6)20-25(30)17-18-33(31)27-11-9-26(32)10-12-27/h7-16,20-23,31H,17-19H2,1-6H3. The maximum absolute atomic E-state index is 13.6. The van der Waals surface area contributed by atoms with Gasteiger partial charge >= 0.3 is 0 Å². The van der Waals surface area contributed by atoms with E-state index in [-0.39, 0.29) is 18.1 Å². The zero-order chi connectivity index (χ0) is 25.8. The van der Waals surface area contributed by atoms with E-state index in [1.54, 1.807) is 19.2 Å². The molecule has 4 rings (SSSR count). The second-order valence-electron chi connectivity index (χ2n) is 10.2. The first kappa shape index (κ1) is 26.0. The van der Waals surface area contributed by atoms with Crippen LogP contribution in [0.3, 0.4) is 0 Å². The van der Waals surface area contributed by atoms with Gasteiger partial charge in [0.1, 0.15) is 23.5 Å². The fourth-order valence-electron chi connectivity index (χ4n) is 5.60. The van der Waals surface area contributed by atoms with Gasteiger partial charge in [-0.1, -0.05) is 18.2 Å². The number of hydrogen-bond donors (Lipinski definition) is 0. The molecule has 0 saturated heterocycles. The Hall–Kier alpha value is -3.05. The SMILES string of the molecule is COc1ccc2c(c1)CCN(c1ccc(F)cc1)C2Cc1ccc(OC(C)N(C(C)C)C(C)C)cc1. The minimum absolute atomic E-state index is 0.00924. The van der Waals surface area contributed by atoms with Crippen molar-refractivity contribution in [1.82, 2.24) is 4.90 Å². The molecule has 2 unspecified atom stereocenters. The van der Waals surface area contributed by atoms with E-state index in [1.165, 1.54) is 16.7 Å². The molecule has 2 atom stereocenters. The number of rotatable bonds is 9. The van der Waals surface area contributed by atoms with Gasteiger partial charge in [-0.25, -0.2) is 4.39 Å². The van der Waals surface area contributed by atoms with Crippen LogP contribution in [-0.4, -0.2) is 36.9 Å². The Morgan fingerprint density at radius 3 is 2.14 bits per heavy atom. The predicted octanol–water partition coefficient (Wildman–Crippen LogP) is 7.02. The lowest BCUT2D eigenvalue weighted by molar-refractivity contribution is -0.00561. The van der Waals surface area contributed by atoms with Gasteiger partial charge < -0.3 is 14.4 Å². The Balaban J connectivity index is 1.57. The molecule has 3 aromatic carbocycles. The first-order valence-electron chi connectivity index (χ1n) is 13.0. The Kier molecular flexibility index (Phi) is 8.20. The highest BCUT2D eigenvalue weighted by Crippen LogP contribution is 2.37. The number of hydrogen-bond acceptors (Lipinski definition) is 4. The summed E-state index contributed by atoms with van der Waals surface area (Å²) in [6.07, 6.45) is 1.76. The molecule has 0 radical (unpaired) electrons. The van der Waals surface area contributed by atoms with Gasteiger partial charge in [0.15, 0.2) is 0 Å². The summed E-state index contributed by atoms with van der Waals surface area (Å²) in [6.45, 7) is 11.8. The molecule has 1 heterocycles. The average molecular weight is 491 g/mol. The van der Waals surface area contributed by atoms with Crippen molar-refractivity contribution >= 4 is 5.69 Å². The van der Waals surface area contributed by atoms with Gasteiger partial charge in [-0.3, -0.25) is 4.90 Å². The summed E-state index contributed by atoms with van der Waals surface area (Å²) >= 11 is 0. The highest BCUT2D eigenvalue weighted by Gasteiger charge is 2.28. The molecular formula is C31H39FN2O2. The van der Waals surface area contributed by atoms with Crippen molar-refractivity contribution in [2.24, 2.45) is 0 Å². The molecule has 0 aromatic heterocycles. The third-order valence-electron chi connectivity index (χ3n) is 7.14. The first-order chi connectivity index (χ1) is 17.3. The van der Waals surface area contributed by atoms with Crippen LogP contribution in [0.2, 0.25) is 0 Å². The molecule has 0 spiro atoms. The average Bonchev–Trinajstić information content (AvgIpc) is 2.85. The molecule has 36 heavy (non-hydrogen) atoms. The van der Waals surface area contributed by atoms with Crippen LogP contribution in [0.15, 0.2) is 66.7 Å². The maximum atomic E-state index is 13.6. The summed E-state index contributed by atoms with van der Waals surface area (Å²) in [5.74, 6) is 1.55. The topological polar surface area (TPSA) is 24.9 Å². The quantitative estimate of drug-likeness (QED) is 0.301. The number of anilines is 1. The van der Waals surface area contributed by atoms with E-state index in [2.05, 4.69) is 80.8 Å². The molecule has 192 valence electrons. The molecule has 0 amide bonds. The minimum atomic E-state index is -0.212. The highest BCUT2D eigenvalue weighted by molar-refractivity contribution is 5.54. The molecule has 1 aliphatic heterocycles. The third kappa shape index (κ3) is 5.84. The lowest BCUT2D eigenvalue weighted by atomic mass is 9.88. The van der Waals surface area contributed by atoms with Crippen LogP contribution in [0.5, 0.6) is 11.5 Å². The molecular weight excluding hydrogens is 451 g/mol. The number of fused-ring (bicyclic) bond motifs is 1. The maximum Gasteiger partial charge on any atom is 0.150 e. The number of nitrogens with zero attached hydrogens (tertiary/aromatic N) is 2. The Bertz CT molecular complexity index is 1120. The summed E-state index contributed by atoms with van der Waals surface area (Å²) in [5.41, 5.74) is 4.89. The van der Waals surface area contributed by atoms with Crippen molar-refractivity contribution in [3.8, 4) is 11.5 Å². The first-order valence-corrected chi connectivity index (χ1v) is 13.0. The van der Waals surface area contributed by atoms with Crippen molar-refractivity contribution in [3.63, 3.8) is 0 Å². The van der Waals surface area contributed by atoms with E-state index < -0.39 is 0 Å². The highest BCUT2D eigenvalue weighted by atomic mass is 19.1. The molecule has 4 nitrogen and oxygen atoms in total. The van der Waals surface area contributed by atoms with E-state index in [0.29, 0.717) is 12.1 Å². The van der Waals surface area contributed by atoms with E-state index in [9.17, 15) is 4.39 Å². The zero-order valence-corrected chi connectivity index (χ0v) is 22.4. The summed E-state index contributed by atoms with van der Waals surface area (Å²) < 4.78 is 25.4.